The predicted molar refractivity (Wildman–Crippen MR) is 150 cm³/mol. The van der Waals surface area contributed by atoms with E-state index in [1.165, 1.54) is 4.90 Å². The Morgan fingerprint density at radius 2 is 1.56 bits per heavy atom. The van der Waals surface area contributed by atoms with Gasteiger partial charge < -0.3 is 25.8 Å². The van der Waals surface area contributed by atoms with Gasteiger partial charge in [0.15, 0.2) is 0 Å². The van der Waals surface area contributed by atoms with Gasteiger partial charge in [0.2, 0.25) is 23.6 Å². The van der Waals surface area contributed by atoms with Crippen molar-refractivity contribution in [1.82, 2.24) is 25.8 Å². The van der Waals surface area contributed by atoms with Crippen LogP contribution in [0, 0.1) is 12.8 Å². The van der Waals surface area contributed by atoms with Crippen molar-refractivity contribution in [2.75, 3.05) is 13.6 Å². The number of likely N-dealkylation sites (N-methyl/N-ethyl adjacent to an activating group) is 1. The number of benzene rings is 2. The molecular formula is C30H39N5O4. The molecule has 1 aliphatic heterocycles. The van der Waals surface area contributed by atoms with Gasteiger partial charge in [0, 0.05) is 18.8 Å². The maximum atomic E-state index is 13.6. The lowest BCUT2D eigenvalue weighted by molar-refractivity contribution is -0.143. The van der Waals surface area contributed by atoms with E-state index in [0.29, 0.717) is 13.0 Å². The number of aryl methyl sites for hydroxylation is 1. The Labute approximate surface area is 230 Å². The summed E-state index contributed by atoms with van der Waals surface area (Å²) in [7, 11) is 1.66. The highest BCUT2D eigenvalue weighted by Crippen LogP contribution is 2.20. The minimum Gasteiger partial charge on any atom is -0.345 e. The van der Waals surface area contributed by atoms with Gasteiger partial charge in [-0.1, -0.05) is 74.0 Å². The second kappa shape index (κ2) is 13.7. The summed E-state index contributed by atoms with van der Waals surface area (Å²) in [5.41, 5.74) is 3.04. The van der Waals surface area contributed by atoms with Gasteiger partial charge in [-0.3, -0.25) is 19.2 Å². The molecular weight excluding hydrogens is 494 g/mol. The summed E-state index contributed by atoms with van der Waals surface area (Å²) in [5.74, 6) is -1.57. The Bertz CT molecular complexity index is 1180. The SMILES string of the molecule is CN[C@@H](C)C(=O)N[C@H](C(=O)NCC(=O)N1C=CN(Cc2ccc(C)cc2)C(=O)[C@@H]1Cc1ccccc1)C(C)C. The number of carbonyl (C=O) groups excluding carboxylic acids is 4. The first-order valence-electron chi connectivity index (χ1n) is 13.3. The summed E-state index contributed by atoms with van der Waals surface area (Å²) in [6.07, 6.45) is 3.55. The van der Waals surface area contributed by atoms with Crippen LogP contribution in [-0.4, -0.2) is 65.1 Å². The third kappa shape index (κ3) is 8.00. The molecule has 0 saturated heterocycles. The Kier molecular flexibility index (Phi) is 10.4. The first-order valence-corrected chi connectivity index (χ1v) is 13.3. The van der Waals surface area contributed by atoms with Gasteiger partial charge in [0.25, 0.3) is 0 Å². The van der Waals surface area contributed by atoms with Crippen LogP contribution in [-0.2, 0) is 32.1 Å². The molecule has 0 fully saturated rings. The molecule has 0 spiro atoms. The van der Waals surface area contributed by atoms with E-state index in [1.807, 2.05) is 75.4 Å². The Hall–Kier alpha value is -3.98. The van der Waals surface area contributed by atoms with Crippen LogP contribution in [0.2, 0.25) is 0 Å². The highest BCUT2D eigenvalue weighted by Gasteiger charge is 2.35. The predicted octanol–water partition coefficient (Wildman–Crippen LogP) is 2.11. The summed E-state index contributed by atoms with van der Waals surface area (Å²) in [5, 5.41) is 8.24. The fraction of sp³-hybridized carbons (Fsp3) is 0.400. The highest BCUT2D eigenvalue weighted by atomic mass is 16.2. The summed E-state index contributed by atoms with van der Waals surface area (Å²) >= 11 is 0. The minimum atomic E-state index is -0.801. The molecule has 2 aromatic carbocycles. The average molecular weight is 534 g/mol. The molecule has 0 saturated carbocycles. The second-order valence-electron chi connectivity index (χ2n) is 10.2. The number of amides is 4. The Morgan fingerprint density at radius 3 is 2.18 bits per heavy atom. The first-order chi connectivity index (χ1) is 18.6. The maximum absolute atomic E-state index is 13.6. The van der Waals surface area contributed by atoms with Gasteiger partial charge in [0.05, 0.1) is 19.1 Å². The van der Waals surface area contributed by atoms with Crippen molar-refractivity contribution in [2.45, 2.75) is 58.8 Å². The van der Waals surface area contributed by atoms with Crippen molar-refractivity contribution in [3.8, 4) is 0 Å². The van der Waals surface area contributed by atoms with Gasteiger partial charge in [-0.05, 0) is 37.9 Å². The second-order valence-corrected chi connectivity index (χ2v) is 10.2. The Balaban J connectivity index is 1.74. The zero-order chi connectivity index (χ0) is 28.5. The van der Waals surface area contributed by atoms with E-state index in [0.717, 1.165) is 16.7 Å². The van der Waals surface area contributed by atoms with Crippen molar-refractivity contribution in [3.63, 3.8) is 0 Å². The van der Waals surface area contributed by atoms with E-state index in [2.05, 4.69) is 16.0 Å². The fourth-order valence-corrected chi connectivity index (χ4v) is 4.25. The molecule has 0 aromatic heterocycles. The molecule has 0 aliphatic carbocycles. The lowest BCUT2D eigenvalue weighted by atomic mass is 10.0. The lowest BCUT2D eigenvalue weighted by Gasteiger charge is -2.36. The standard InChI is InChI=1S/C30H39N5O4/c1-20(2)27(33-28(37)22(4)31-5)29(38)32-18-26(36)35-16-15-34(19-24-13-11-21(3)12-14-24)30(39)25(35)17-23-9-7-6-8-10-23/h6-16,20,22,25,27,31H,17-19H2,1-5H3,(H,32,38)(H,33,37)/t22-,25-,27-/m0/s1. The molecule has 1 heterocycles. The zero-order valence-electron chi connectivity index (χ0n) is 23.3. The number of hydrogen-bond donors (Lipinski definition) is 3. The van der Waals surface area contributed by atoms with E-state index in [9.17, 15) is 19.2 Å². The summed E-state index contributed by atoms with van der Waals surface area (Å²) < 4.78 is 0. The first kappa shape index (κ1) is 29.6. The number of nitrogens with one attached hydrogen (secondary N) is 3. The summed E-state index contributed by atoms with van der Waals surface area (Å²) in [6.45, 7) is 7.43. The lowest BCUT2D eigenvalue weighted by Crippen LogP contribution is -2.56. The molecule has 3 rings (SSSR count). The van der Waals surface area contributed by atoms with E-state index >= 15 is 0 Å². The van der Waals surface area contributed by atoms with Crippen molar-refractivity contribution >= 4 is 23.6 Å². The van der Waals surface area contributed by atoms with Crippen LogP contribution in [0.5, 0.6) is 0 Å². The molecule has 0 bridgehead atoms. The van der Waals surface area contributed by atoms with Crippen molar-refractivity contribution in [3.05, 3.63) is 83.7 Å². The molecule has 9 nitrogen and oxygen atoms in total. The van der Waals surface area contributed by atoms with Gasteiger partial charge in [-0.25, -0.2) is 0 Å². The van der Waals surface area contributed by atoms with Crippen LogP contribution in [0.15, 0.2) is 67.0 Å². The molecule has 1 aliphatic rings. The quantitative estimate of drug-likeness (QED) is 0.410. The Morgan fingerprint density at radius 1 is 0.897 bits per heavy atom. The van der Waals surface area contributed by atoms with Crippen molar-refractivity contribution in [2.24, 2.45) is 5.92 Å². The molecule has 3 N–H and O–H groups in total. The molecule has 208 valence electrons. The van der Waals surface area contributed by atoms with Crippen LogP contribution in [0.25, 0.3) is 0 Å². The number of rotatable bonds is 11. The molecule has 0 radical (unpaired) electrons. The minimum absolute atomic E-state index is 0.189. The van der Waals surface area contributed by atoms with Crippen LogP contribution in [0.4, 0.5) is 0 Å². The van der Waals surface area contributed by atoms with Crippen LogP contribution in [0.1, 0.15) is 37.5 Å². The molecule has 39 heavy (non-hydrogen) atoms. The van der Waals surface area contributed by atoms with Crippen LogP contribution >= 0.6 is 0 Å². The average Bonchev–Trinajstić information content (AvgIpc) is 2.93. The number of hydrogen-bond acceptors (Lipinski definition) is 5. The molecule has 4 amide bonds. The summed E-state index contributed by atoms with van der Waals surface area (Å²) in [6, 6.07) is 15.5. The van der Waals surface area contributed by atoms with Gasteiger partial charge in [-0.2, -0.15) is 0 Å². The molecule has 3 atom stereocenters. The van der Waals surface area contributed by atoms with Gasteiger partial charge in [0.1, 0.15) is 12.1 Å². The van der Waals surface area contributed by atoms with Gasteiger partial charge >= 0.3 is 0 Å². The highest BCUT2D eigenvalue weighted by molar-refractivity contribution is 5.94. The third-order valence-corrected chi connectivity index (χ3v) is 6.83. The fourth-order valence-electron chi connectivity index (χ4n) is 4.25. The largest absolute Gasteiger partial charge is 0.345 e. The topological polar surface area (TPSA) is 111 Å². The van der Waals surface area contributed by atoms with E-state index < -0.39 is 29.9 Å². The van der Waals surface area contributed by atoms with E-state index in [4.69, 9.17) is 0 Å². The summed E-state index contributed by atoms with van der Waals surface area (Å²) in [4.78, 5) is 55.2. The van der Waals surface area contributed by atoms with Crippen molar-refractivity contribution in [1.29, 1.82) is 0 Å². The van der Waals surface area contributed by atoms with Gasteiger partial charge in [-0.15, -0.1) is 0 Å². The van der Waals surface area contributed by atoms with Crippen LogP contribution in [0.3, 0.4) is 0 Å². The van der Waals surface area contributed by atoms with E-state index in [1.54, 1.807) is 31.3 Å². The van der Waals surface area contributed by atoms with E-state index in [-0.39, 0.29) is 24.3 Å². The normalized spacial score (nSPS) is 16.7. The molecule has 9 heteroatoms. The molecule has 2 aromatic rings. The van der Waals surface area contributed by atoms with Crippen molar-refractivity contribution < 1.29 is 19.2 Å². The maximum Gasteiger partial charge on any atom is 0.250 e. The third-order valence-electron chi connectivity index (χ3n) is 6.83. The number of carbonyl (C=O) groups is 4. The monoisotopic (exact) mass is 533 g/mol. The molecule has 0 unspecified atom stereocenters. The smallest absolute Gasteiger partial charge is 0.250 e. The zero-order valence-corrected chi connectivity index (χ0v) is 23.3. The number of nitrogens with zero attached hydrogens (tertiary/aromatic N) is 2. The van der Waals surface area contributed by atoms with Crippen LogP contribution < -0.4 is 16.0 Å².